The Morgan fingerprint density at radius 3 is 2.07 bits per heavy atom. The summed E-state index contributed by atoms with van der Waals surface area (Å²) in [5.41, 5.74) is 0.898. The normalized spacial score (nSPS) is 14.5. The molecule has 0 aliphatic carbocycles. The molecule has 0 spiro atoms. The van der Waals surface area contributed by atoms with Crippen molar-refractivity contribution in [2.75, 3.05) is 6.61 Å². The van der Waals surface area contributed by atoms with E-state index in [0.29, 0.717) is 0 Å². The minimum absolute atomic E-state index is 0.0152. The lowest BCUT2D eigenvalue weighted by molar-refractivity contribution is -0.117. The average Bonchev–Trinajstić information content (AvgIpc) is 2.15. The predicted octanol–water partition coefficient (Wildman–Crippen LogP) is 1.72. The van der Waals surface area contributed by atoms with Gasteiger partial charge >= 0.3 is 0 Å². The third kappa shape index (κ3) is 5.57. The number of ketones is 1. The van der Waals surface area contributed by atoms with Crippen LogP contribution in [0.5, 0.6) is 0 Å². The zero-order chi connectivity index (χ0) is 12.0. The van der Waals surface area contributed by atoms with Gasteiger partial charge in [0.1, 0.15) is 0 Å². The summed E-state index contributed by atoms with van der Waals surface area (Å²) in [5.74, 6) is 0.406. The number of hydrogen-bond donors (Lipinski definition) is 2. The molecule has 1 atom stereocenters. The Balaban J connectivity index is 4.59. The minimum atomic E-state index is -0.0152. The molecule has 0 aliphatic heterocycles. The van der Waals surface area contributed by atoms with Crippen LogP contribution in [-0.4, -0.2) is 23.5 Å². The molecular formula is C12H23NO2. The van der Waals surface area contributed by atoms with E-state index in [4.69, 9.17) is 5.11 Å². The molecular weight excluding hydrogens is 190 g/mol. The van der Waals surface area contributed by atoms with Crippen molar-refractivity contribution in [2.45, 2.75) is 40.7 Å². The fraction of sp³-hybridized carbons (Fsp3) is 0.750. The zero-order valence-electron chi connectivity index (χ0n) is 10.4. The van der Waals surface area contributed by atoms with E-state index in [0.717, 1.165) is 5.70 Å². The summed E-state index contributed by atoms with van der Waals surface area (Å²) in [4.78, 5) is 11.5. The molecule has 88 valence electrons. The molecule has 0 radical (unpaired) electrons. The van der Waals surface area contributed by atoms with Crippen molar-refractivity contribution in [3.8, 4) is 0 Å². The molecule has 0 aromatic carbocycles. The first-order valence-corrected chi connectivity index (χ1v) is 5.51. The highest BCUT2D eigenvalue weighted by atomic mass is 16.3. The summed E-state index contributed by atoms with van der Waals surface area (Å²) in [6, 6.07) is -0.0152. The Morgan fingerprint density at radius 2 is 1.73 bits per heavy atom. The number of allylic oxidation sites excluding steroid dienone is 2. The smallest absolute Gasteiger partial charge is 0.159 e. The van der Waals surface area contributed by atoms with Gasteiger partial charge in [-0.15, -0.1) is 0 Å². The highest BCUT2D eigenvalue weighted by Gasteiger charge is 2.11. The highest BCUT2D eigenvalue weighted by molar-refractivity contribution is 5.91. The van der Waals surface area contributed by atoms with Crippen LogP contribution in [0.2, 0.25) is 0 Å². The van der Waals surface area contributed by atoms with Gasteiger partial charge in [-0.3, -0.25) is 4.79 Å². The SMILES string of the molecule is CC(CO)N/C(=C\C(=O)C(C)C)C(C)C. The fourth-order valence-corrected chi connectivity index (χ4v) is 1.03. The maximum absolute atomic E-state index is 11.5. The van der Waals surface area contributed by atoms with E-state index in [2.05, 4.69) is 5.32 Å². The molecule has 0 fully saturated rings. The molecule has 0 bridgehead atoms. The Morgan fingerprint density at radius 1 is 1.20 bits per heavy atom. The molecule has 0 aromatic rings. The molecule has 1 unspecified atom stereocenters. The number of aliphatic hydroxyl groups excluding tert-OH is 1. The number of aliphatic hydroxyl groups is 1. The van der Waals surface area contributed by atoms with E-state index >= 15 is 0 Å². The lowest BCUT2D eigenvalue weighted by Gasteiger charge is -2.19. The van der Waals surface area contributed by atoms with Crippen LogP contribution in [0.15, 0.2) is 11.8 Å². The molecule has 15 heavy (non-hydrogen) atoms. The maximum atomic E-state index is 11.5. The van der Waals surface area contributed by atoms with Crippen LogP contribution < -0.4 is 5.32 Å². The molecule has 0 amide bonds. The summed E-state index contributed by atoms with van der Waals surface area (Å²) < 4.78 is 0. The monoisotopic (exact) mass is 213 g/mol. The third-order valence-corrected chi connectivity index (χ3v) is 2.18. The third-order valence-electron chi connectivity index (χ3n) is 2.18. The highest BCUT2D eigenvalue weighted by Crippen LogP contribution is 2.09. The molecule has 0 aliphatic rings. The molecule has 3 heteroatoms. The van der Waals surface area contributed by atoms with Crippen LogP contribution in [0.1, 0.15) is 34.6 Å². The van der Waals surface area contributed by atoms with Crippen molar-refractivity contribution in [3.63, 3.8) is 0 Å². The standard InChI is InChI=1S/C12H23NO2/c1-8(2)11(13-10(5)7-14)6-12(15)9(3)4/h6,8-10,13-14H,7H2,1-5H3/b11-6-. The van der Waals surface area contributed by atoms with E-state index in [1.807, 2.05) is 34.6 Å². The van der Waals surface area contributed by atoms with Crippen LogP contribution in [0.25, 0.3) is 0 Å². The van der Waals surface area contributed by atoms with Crippen LogP contribution >= 0.6 is 0 Å². The molecule has 0 aromatic heterocycles. The molecule has 0 saturated carbocycles. The van der Waals surface area contributed by atoms with E-state index in [9.17, 15) is 4.79 Å². The molecule has 0 heterocycles. The number of carbonyl (C=O) groups is 1. The van der Waals surface area contributed by atoms with E-state index in [1.54, 1.807) is 6.08 Å². The van der Waals surface area contributed by atoms with Gasteiger partial charge in [-0.2, -0.15) is 0 Å². The number of hydrogen-bond acceptors (Lipinski definition) is 3. The van der Waals surface area contributed by atoms with E-state index in [1.165, 1.54) is 0 Å². The first kappa shape index (κ1) is 14.2. The first-order valence-electron chi connectivity index (χ1n) is 5.51. The first-order chi connectivity index (χ1) is 6.88. The van der Waals surface area contributed by atoms with Crippen LogP contribution in [0.4, 0.5) is 0 Å². The average molecular weight is 213 g/mol. The Bertz CT molecular complexity index is 232. The van der Waals surface area contributed by atoms with Crippen molar-refractivity contribution in [2.24, 2.45) is 11.8 Å². The number of nitrogens with one attached hydrogen (secondary N) is 1. The van der Waals surface area contributed by atoms with Gasteiger partial charge in [0.05, 0.1) is 6.61 Å². The Kier molecular flexibility index (Phi) is 6.25. The van der Waals surface area contributed by atoms with Crippen molar-refractivity contribution >= 4 is 5.78 Å². The Labute approximate surface area is 92.6 Å². The van der Waals surface area contributed by atoms with E-state index in [-0.39, 0.29) is 30.3 Å². The lowest BCUT2D eigenvalue weighted by atomic mass is 10.0. The minimum Gasteiger partial charge on any atom is -0.394 e. The van der Waals surface area contributed by atoms with Crippen LogP contribution in [-0.2, 0) is 4.79 Å². The summed E-state index contributed by atoms with van der Waals surface area (Å²) in [5, 5.41) is 12.1. The van der Waals surface area contributed by atoms with Gasteiger partial charge in [-0.1, -0.05) is 27.7 Å². The second-order valence-electron chi connectivity index (χ2n) is 4.54. The Hall–Kier alpha value is -0.830. The molecule has 2 N–H and O–H groups in total. The summed E-state index contributed by atoms with van der Waals surface area (Å²) in [6.45, 7) is 9.77. The van der Waals surface area contributed by atoms with Crippen LogP contribution in [0.3, 0.4) is 0 Å². The summed E-state index contributed by atoms with van der Waals surface area (Å²) >= 11 is 0. The van der Waals surface area contributed by atoms with Gasteiger partial charge in [0.15, 0.2) is 5.78 Å². The lowest BCUT2D eigenvalue weighted by Crippen LogP contribution is -2.31. The largest absolute Gasteiger partial charge is 0.394 e. The zero-order valence-corrected chi connectivity index (χ0v) is 10.4. The van der Waals surface area contributed by atoms with Gasteiger partial charge in [0.25, 0.3) is 0 Å². The predicted molar refractivity (Wildman–Crippen MR) is 62.4 cm³/mol. The van der Waals surface area contributed by atoms with Crippen LogP contribution in [0, 0.1) is 11.8 Å². The van der Waals surface area contributed by atoms with Gasteiger partial charge in [0.2, 0.25) is 0 Å². The quantitative estimate of drug-likeness (QED) is 0.661. The van der Waals surface area contributed by atoms with Crippen molar-refractivity contribution < 1.29 is 9.90 Å². The molecule has 0 rings (SSSR count). The summed E-state index contributed by atoms with van der Waals surface area (Å²) in [6.07, 6.45) is 1.65. The van der Waals surface area contributed by atoms with Gasteiger partial charge in [-0.05, 0) is 12.8 Å². The second kappa shape index (κ2) is 6.62. The van der Waals surface area contributed by atoms with Crippen molar-refractivity contribution in [3.05, 3.63) is 11.8 Å². The summed E-state index contributed by atoms with van der Waals surface area (Å²) in [7, 11) is 0. The van der Waals surface area contributed by atoms with Gasteiger partial charge in [0, 0.05) is 23.7 Å². The molecule has 0 saturated heterocycles. The van der Waals surface area contributed by atoms with Crippen molar-refractivity contribution in [1.82, 2.24) is 5.32 Å². The topological polar surface area (TPSA) is 49.3 Å². The number of rotatable bonds is 6. The fourth-order valence-electron chi connectivity index (χ4n) is 1.03. The molecule has 3 nitrogen and oxygen atoms in total. The maximum Gasteiger partial charge on any atom is 0.159 e. The van der Waals surface area contributed by atoms with E-state index < -0.39 is 0 Å². The van der Waals surface area contributed by atoms with Crippen molar-refractivity contribution in [1.29, 1.82) is 0 Å². The van der Waals surface area contributed by atoms with Gasteiger partial charge < -0.3 is 10.4 Å². The second-order valence-corrected chi connectivity index (χ2v) is 4.54. The number of carbonyl (C=O) groups excluding carboxylic acids is 1. The van der Waals surface area contributed by atoms with Gasteiger partial charge in [-0.25, -0.2) is 0 Å².